The summed E-state index contributed by atoms with van der Waals surface area (Å²) in [6.07, 6.45) is 6.16. The van der Waals surface area contributed by atoms with E-state index in [1.165, 1.54) is 32.4 Å². The van der Waals surface area contributed by atoms with Gasteiger partial charge in [-0.15, -0.1) is 0 Å². The molecular formula is C24H33N3O3S. The Kier molecular flexibility index (Phi) is 7.33. The Labute approximate surface area is 189 Å². The van der Waals surface area contributed by atoms with Crippen molar-refractivity contribution in [2.24, 2.45) is 4.99 Å². The summed E-state index contributed by atoms with van der Waals surface area (Å²) in [5.74, 6) is -0.0964. The number of carbonyl (C=O) groups excluding carboxylic acids is 2. The Bertz CT molecular complexity index is 812. The fraction of sp³-hybridized carbons (Fsp3) is 0.625. The number of piperidine rings is 2. The number of ether oxygens (including phenoxy) is 1. The number of hydrogen-bond acceptors (Lipinski definition) is 6. The van der Waals surface area contributed by atoms with Crippen molar-refractivity contribution < 1.29 is 14.3 Å². The average molecular weight is 444 g/mol. The van der Waals surface area contributed by atoms with Crippen molar-refractivity contribution >= 4 is 28.7 Å². The third-order valence-electron chi connectivity index (χ3n) is 6.57. The number of thioether (sulfide) groups is 1. The number of benzene rings is 1. The van der Waals surface area contributed by atoms with Gasteiger partial charge in [0.15, 0.2) is 0 Å². The van der Waals surface area contributed by atoms with Crippen LogP contribution in [0, 0.1) is 0 Å². The molecule has 4 rings (SSSR count). The predicted octanol–water partition coefficient (Wildman–Crippen LogP) is 3.59. The number of esters is 1. The Balaban J connectivity index is 1.32. The molecule has 2 atom stereocenters. The second kappa shape index (κ2) is 10.2. The van der Waals surface area contributed by atoms with E-state index in [2.05, 4.69) is 9.80 Å². The van der Waals surface area contributed by atoms with Crippen molar-refractivity contribution in [2.45, 2.75) is 63.3 Å². The topological polar surface area (TPSA) is 62.2 Å². The molecule has 2 fully saturated rings. The summed E-state index contributed by atoms with van der Waals surface area (Å²) < 4.78 is 5.04. The highest BCUT2D eigenvalue weighted by Gasteiger charge is 2.37. The van der Waals surface area contributed by atoms with Gasteiger partial charge >= 0.3 is 5.97 Å². The zero-order chi connectivity index (χ0) is 21.8. The van der Waals surface area contributed by atoms with E-state index >= 15 is 0 Å². The summed E-state index contributed by atoms with van der Waals surface area (Å²) in [4.78, 5) is 34.6. The van der Waals surface area contributed by atoms with Gasteiger partial charge < -0.3 is 14.5 Å². The Morgan fingerprint density at radius 1 is 1.06 bits per heavy atom. The minimum atomic E-state index is -0.315. The molecule has 0 radical (unpaired) electrons. The Hall–Kier alpha value is -1.86. The van der Waals surface area contributed by atoms with Crippen molar-refractivity contribution in [1.82, 2.24) is 9.80 Å². The van der Waals surface area contributed by atoms with E-state index in [9.17, 15) is 9.59 Å². The number of hydrogen-bond donors (Lipinski definition) is 0. The molecular weight excluding hydrogens is 410 g/mol. The normalized spacial score (nSPS) is 25.4. The van der Waals surface area contributed by atoms with Crippen LogP contribution in [0.5, 0.6) is 0 Å². The second-order valence-electron chi connectivity index (χ2n) is 8.66. The SMILES string of the molecule is CCOC(=O)c1ccc(C2=NC(C)C(C(=O)N3CCC(N4CCCCC4)CC3)S2)cc1. The van der Waals surface area contributed by atoms with Crippen molar-refractivity contribution in [2.75, 3.05) is 32.8 Å². The maximum atomic E-state index is 13.2. The number of nitrogens with zero attached hydrogens (tertiary/aromatic N) is 3. The van der Waals surface area contributed by atoms with Crippen molar-refractivity contribution in [3.05, 3.63) is 35.4 Å². The summed E-state index contributed by atoms with van der Waals surface area (Å²) in [5.41, 5.74) is 1.48. The molecule has 6 nitrogen and oxygen atoms in total. The smallest absolute Gasteiger partial charge is 0.338 e. The number of carbonyl (C=O) groups is 2. The summed E-state index contributed by atoms with van der Waals surface area (Å²) in [6.45, 7) is 8.34. The molecule has 0 N–H and O–H groups in total. The summed E-state index contributed by atoms with van der Waals surface area (Å²) in [7, 11) is 0. The lowest BCUT2D eigenvalue weighted by Crippen LogP contribution is -2.50. The molecule has 1 aromatic rings. The van der Waals surface area contributed by atoms with Gasteiger partial charge in [-0.1, -0.05) is 30.3 Å². The van der Waals surface area contributed by atoms with Gasteiger partial charge in [0.2, 0.25) is 5.91 Å². The van der Waals surface area contributed by atoms with Crippen LogP contribution < -0.4 is 0 Å². The van der Waals surface area contributed by atoms with Gasteiger partial charge in [0.05, 0.1) is 23.3 Å². The Morgan fingerprint density at radius 2 is 1.74 bits per heavy atom. The zero-order valence-electron chi connectivity index (χ0n) is 18.6. The molecule has 0 spiro atoms. The van der Waals surface area contributed by atoms with Crippen LogP contribution >= 0.6 is 11.8 Å². The van der Waals surface area contributed by atoms with E-state index in [0.29, 0.717) is 18.2 Å². The minimum absolute atomic E-state index is 0.0444. The van der Waals surface area contributed by atoms with Gasteiger partial charge in [-0.2, -0.15) is 0 Å². The Morgan fingerprint density at radius 3 is 2.39 bits per heavy atom. The van der Waals surface area contributed by atoms with Crippen molar-refractivity contribution in [1.29, 1.82) is 0 Å². The van der Waals surface area contributed by atoms with E-state index in [0.717, 1.165) is 36.5 Å². The second-order valence-corrected chi connectivity index (χ2v) is 9.79. The van der Waals surface area contributed by atoms with E-state index in [1.807, 2.05) is 19.1 Å². The number of aliphatic imine (C=N–C) groups is 1. The summed E-state index contributed by atoms with van der Waals surface area (Å²) in [6, 6.07) is 7.91. The minimum Gasteiger partial charge on any atom is -0.462 e. The molecule has 0 bridgehead atoms. The highest BCUT2D eigenvalue weighted by Crippen LogP contribution is 2.33. The van der Waals surface area contributed by atoms with Crippen LogP contribution in [0.4, 0.5) is 0 Å². The lowest BCUT2D eigenvalue weighted by molar-refractivity contribution is -0.132. The fourth-order valence-electron chi connectivity index (χ4n) is 4.78. The van der Waals surface area contributed by atoms with Gasteiger partial charge in [-0.05, 0) is 64.8 Å². The molecule has 3 aliphatic rings. The molecule has 0 aliphatic carbocycles. The van der Waals surface area contributed by atoms with Crippen LogP contribution in [0.3, 0.4) is 0 Å². The zero-order valence-corrected chi connectivity index (χ0v) is 19.4. The third-order valence-corrected chi connectivity index (χ3v) is 7.98. The van der Waals surface area contributed by atoms with Crippen LogP contribution in [-0.4, -0.2) is 76.8 Å². The fourth-order valence-corrected chi connectivity index (χ4v) is 6.03. The van der Waals surface area contributed by atoms with Crippen LogP contribution in [-0.2, 0) is 9.53 Å². The van der Waals surface area contributed by atoms with E-state index in [4.69, 9.17) is 9.73 Å². The number of likely N-dealkylation sites (tertiary alicyclic amines) is 2. The molecule has 3 heterocycles. The lowest BCUT2D eigenvalue weighted by Gasteiger charge is -2.40. The van der Waals surface area contributed by atoms with Gasteiger partial charge in [0, 0.05) is 24.7 Å². The molecule has 0 aromatic heterocycles. The maximum Gasteiger partial charge on any atom is 0.338 e. The largest absolute Gasteiger partial charge is 0.462 e. The van der Waals surface area contributed by atoms with E-state index < -0.39 is 0 Å². The molecule has 2 unspecified atom stereocenters. The van der Waals surface area contributed by atoms with Crippen molar-refractivity contribution in [3.63, 3.8) is 0 Å². The standard InChI is InChI=1S/C24H33N3O3S/c1-3-30-24(29)19-9-7-18(8-10-19)22-25-17(2)21(31-22)23(28)27-15-11-20(12-16-27)26-13-5-4-6-14-26/h7-10,17,20-21H,3-6,11-16H2,1-2H3. The number of amides is 1. The van der Waals surface area contributed by atoms with Crippen LogP contribution in [0.15, 0.2) is 29.3 Å². The third kappa shape index (κ3) is 5.14. The van der Waals surface area contributed by atoms with E-state index in [-0.39, 0.29) is 23.2 Å². The molecule has 7 heteroatoms. The quantitative estimate of drug-likeness (QED) is 0.651. The molecule has 0 saturated carbocycles. The molecule has 168 valence electrons. The maximum absolute atomic E-state index is 13.2. The molecule has 1 amide bonds. The molecule has 2 saturated heterocycles. The summed E-state index contributed by atoms with van der Waals surface area (Å²) in [5, 5.41) is 0.718. The van der Waals surface area contributed by atoms with Gasteiger partial charge in [-0.25, -0.2) is 4.79 Å². The van der Waals surface area contributed by atoms with Gasteiger partial charge in [-0.3, -0.25) is 9.79 Å². The average Bonchev–Trinajstić information content (AvgIpc) is 3.21. The summed E-state index contributed by atoms with van der Waals surface area (Å²) >= 11 is 1.56. The van der Waals surface area contributed by atoms with Crippen LogP contribution in [0.1, 0.15) is 61.9 Å². The predicted molar refractivity (Wildman–Crippen MR) is 125 cm³/mol. The molecule has 31 heavy (non-hydrogen) atoms. The van der Waals surface area contributed by atoms with Crippen LogP contribution in [0.25, 0.3) is 0 Å². The molecule has 1 aromatic carbocycles. The first-order chi connectivity index (χ1) is 15.1. The highest BCUT2D eigenvalue weighted by molar-refractivity contribution is 8.15. The lowest BCUT2D eigenvalue weighted by atomic mass is 9.99. The monoisotopic (exact) mass is 443 g/mol. The highest BCUT2D eigenvalue weighted by atomic mass is 32.2. The van der Waals surface area contributed by atoms with E-state index in [1.54, 1.807) is 30.8 Å². The number of rotatable bonds is 5. The first-order valence-electron chi connectivity index (χ1n) is 11.6. The molecule has 3 aliphatic heterocycles. The first-order valence-corrected chi connectivity index (χ1v) is 12.5. The van der Waals surface area contributed by atoms with Crippen LogP contribution in [0.2, 0.25) is 0 Å². The first kappa shape index (κ1) is 22.3. The van der Waals surface area contributed by atoms with Crippen molar-refractivity contribution in [3.8, 4) is 0 Å². The van der Waals surface area contributed by atoms with Gasteiger partial charge in [0.1, 0.15) is 5.25 Å². The van der Waals surface area contributed by atoms with Gasteiger partial charge in [0.25, 0.3) is 0 Å².